The summed E-state index contributed by atoms with van der Waals surface area (Å²) in [5.74, 6) is 0.630. The van der Waals surface area contributed by atoms with Crippen LogP contribution in [-0.4, -0.2) is 41.6 Å². The van der Waals surface area contributed by atoms with Gasteiger partial charge in [-0.25, -0.2) is 4.98 Å². The molecule has 0 aliphatic carbocycles. The SMILES string of the molecule is CC(C)C(CN(C)C)n1cnc2c1CCNC2. The Morgan fingerprint density at radius 3 is 2.88 bits per heavy atom. The summed E-state index contributed by atoms with van der Waals surface area (Å²) in [5.41, 5.74) is 2.67. The fourth-order valence-corrected chi connectivity index (χ4v) is 2.54. The first kappa shape index (κ1) is 12.6. The Morgan fingerprint density at radius 2 is 2.24 bits per heavy atom. The molecule has 0 bridgehead atoms. The maximum absolute atomic E-state index is 4.55. The van der Waals surface area contributed by atoms with Crippen LogP contribution < -0.4 is 5.32 Å². The monoisotopic (exact) mass is 236 g/mol. The molecule has 0 fully saturated rings. The highest BCUT2D eigenvalue weighted by Crippen LogP contribution is 2.23. The second-order valence-electron chi connectivity index (χ2n) is 5.55. The molecule has 1 unspecified atom stereocenters. The van der Waals surface area contributed by atoms with Crippen molar-refractivity contribution in [2.75, 3.05) is 27.2 Å². The van der Waals surface area contributed by atoms with Crippen LogP contribution in [0.2, 0.25) is 0 Å². The number of hydrogen-bond acceptors (Lipinski definition) is 3. The fourth-order valence-electron chi connectivity index (χ4n) is 2.54. The Kier molecular flexibility index (Phi) is 3.84. The summed E-state index contributed by atoms with van der Waals surface area (Å²) in [7, 11) is 4.28. The van der Waals surface area contributed by atoms with Gasteiger partial charge in [-0.05, 0) is 20.0 Å². The van der Waals surface area contributed by atoms with Gasteiger partial charge in [-0.1, -0.05) is 13.8 Å². The second kappa shape index (κ2) is 5.19. The van der Waals surface area contributed by atoms with Crippen LogP contribution in [0.3, 0.4) is 0 Å². The molecule has 0 saturated heterocycles. The van der Waals surface area contributed by atoms with Gasteiger partial charge >= 0.3 is 0 Å². The Bertz CT molecular complexity index is 367. The van der Waals surface area contributed by atoms with Gasteiger partial charge in [0, 0.05) is 37.8 Å². The minimum atomic E-state index is 0.527. The minimum absolute atomic E-state index is 0.527. The van der Waals surface area contributed by atoms with Crippen molar-refractivity contribution < 1.29 is 0 Å². The molecule has 0 saturated carbocycles. The Hall–Kier alpha value is -0.870. The van der Waals surface area contributed by atoms with Crippen LogP contribution in [0.5, 0.6) is 0 Å². The number of likely N-dealkylation sites (N-methyl/N-ethyl adjacent to an activating group) is 1. The van der Waals surface area contributed by atoms with Crippen LogP contribution in [0.1, 0.15) is 31.3 Å². The van der Waals surface area contributed by atoms with E-state index in [0.717, 1.165) is 26.1 Å². The highest BCUT2D eigenvalue weighted by atomic mass is 15.2. The molecule has 1 atom stereocenters. The molecule has 0 amide bonds. The van der Waals surface area contributed by atoms with Crippen LogP contribution in [0, 0.1) is 5.92 Å². The zero-order chi connectivity index (χ0) is 12.4. The highest BCUT2D eigenvalue weighted by molar-refractivity contribution is 5.17. The van der Waals surface area contributed by atoms with E-state index in [1.807, 2.05) is 6.33 Å². The van der Waals surface area contributed by atoms with E-state index in [1.54, 1.807) is 0 Å². The predicted octanol–water partition coefficient (Wildman–Crippen LogP) is 1.29. The third-order valence-corrected chi connectivity index (χ3v) is 3.49. The topological polar surface area (TPSA) is 33.1 Å². The molecule has 1 aliphatic rings. The third-order valence-electron chi connectivity index (χ3n) is 3.49. The summed E-state index contributed by atoms with van der Waals surface area (Å²) < 4.78 is 2.40. The summed E-state index contributed by atoms with van der Waals surface area (Å²) in [4.78, 5) is 6.81. The number of rotatable bonds is 4. The fraction of sp³-hybridized carbons (Fsp3) is 0.769. The van der Waals surface area contributed by atoms with Gasteiger partial charge in [-0.15, -0.1) is 0 Å². The largest absolute Gasteiger partial charge is 0.330 e. The van der Waals surface area contributed by atoms with Crippen LogP contribution in [0.4, 0.5) is 0 Å². The Labute approximate surface area is 104 Å². The average molecular weight is 236 g/mol. The van der Waals surface area contributed by atoms with Gasteiger partial charge in [0.15, 0.2) is 0 Å². The molecule has 0 aromatic carbocycles. The lowest BCUT2D eigenvalue weighted by molar-refractivity contribution is 0.264. The summed E-state index contributed by atoms with van der Waals surface area (Å²) in [6, 6.07) is 0.527. The van der Waals surface area contributed by atoms with Gasteiger partial charge in [0.2, 0.25) is 0 Å². The van der Waals surface area contributed by atoms with Gasteiger partial charge in [-0.3, -0.25) is 0 Å². The van der Waals surface area contributed by atoms with Gasteiger partial charge in [-0.2, -0.15) is 0 Å². The van der Waals surface area contributed by atoms with E-state index in [0.29, 0.717) is 12.0 Å². The standard InChI is InChI=1S/C13H24N4/c1-10(2)13(8-16(3)4)17-9-15-11-7-14-6-5-12(11)17/h9-10,13-14H,5-8H2,1-4H3. The number of nitrogens with one attached hydrogen (secondary N) is 1. The van der Waals surface area contributed by atoms with Crippen molar-refractivity contribution in [3.05, 3.63) is 17.7 Å². The van der Waals surface area contributed by atoms with Gasteiger partial charge in [0.1, 0.15) is 0 Å². The van der Waals surface area contributed by atoms with E-state index in [2.05, 4.69) is 47.7 Å². The molecule has 4 heteroatoms. The Morgan fingerprint density at radius 1 is 1.47 bits per heavy atom. The zero-order valence-corrected chi connectivity index (χ0v) is 11.4. The lowest BCUT2D eigenvalue weighted by atomic mass is 10.0. The molecule has 1 aromatic heterocycles. The number of fused-ring (bicyclic) bond motifs is 1. The summed E-state index contributed by atoms with van der Waals surface area (Å²) in [6.07, 6.45) is 3.14. The van der Waals surface area contributed by atoms with Gasteiger partial charge < -0.3 is 14.8 Å². The molecule has 2 rings (SSSR count). The lowest BCUT2D eigenvalue weighted by Gasteiger charge is -2.28. The van der Waals surface area contributed by atoms with Crippen LogP contribution in [0.25, 0.3) is 0 Å². The number of aromatic nitrogens is 2. The normalized spacial score (nSPS) is 17.5. The van der Waals surface area contributed by atoms with Crippen molar-refractivity contribution in [3.8, 4) is 0 Å². The molecular formula is C13H24N4. The van der Waals surface area contributed by atoms with Crippen LogP contribution in [-0.2, 0) is 13.0 Å². The molecule has 17 heavy (non-hydrogen) atoms. The molecule has 2 heterocycles. The van der Waals surface area contributed by atoms with Crippen molar-refractivity contribution in [3.63, 3.8) is 0 Å². The lowest BCUT2D eigenvalue weighted by Crippen LogP contribution is -2.31. The first-order valence-electron chi connectivity index (χ1n) is 6.49. The Balaban J connectivity index is 2.26. The average Bonchev–Trinajstić information content (AvgIpc) is 2.69. The zero-order valence-electron chi connectivity index (χ0n) is 11.4. The third kappa shape index (κ3) is 2.69. The summed E-state index contributed by atoms with van der Waals surface area (Å²) >= 11 is 0. The first-order chi connectivity index (χ1) is 8.09. The van der Waals surface area contributed by atoms with E-state index in [1.165, 1.54) is 11.4 Å². The highest BCUT2D eigenvalue weighted by Gasteiger charge is 2.22. The molecule has 1 N–H and O–H groups in total. The van der Waals surface area contributed by atoms with E-state index >= 15 is 0 Å². The van der Waals surface area contributed by atoms with Gasteiger partial charge in [0.05, 0.1) is 12.0 Å². The van der Waals surface area contributed by atoms with E-state index in [4.69, 9.17) is 0 Å². The van der Waals surface area contributed by atoms with Gasteiger partial charge in [0.25, 0.3) is 0 Å². The van der Waals surface area contributed by atoms with E-state index in [9.17, 15) is 0 Å². The minimum Gasteiger partial charge on any atom is -0.330 e. The van der Waals surface area contributed by atoms with Crippen molar-refractivity contribution in [1.82, 2.24) is 19.8 Å². The van der Waals surface area contributed by atoms with Crippen molar-refractivity contribution in [2.24, 2.45) is 5.92 Å². The predicted molar refractivity (Wildman–Crippen MR) is 70.1 cm³/mol. The molecular weight excluding hydrogens is 212 g/mol. The summed E-state index contributed by atoms with van der Waals surface area (Å²) in [6.45, 7) is 7.66. The van der Waals surface area contributed by atoms with Crippen molar-refractivity contribution in [1.29, 1.82) is 0 Å². The first-order valence-corrected chi connectivity index (χ1v) is 6.49. The van der Waals surface area contributed by atoms with E-state index in [-0.39, 0.29) is 0 Å². The maximum atomic E-state index is 4.55. The van der Waals surface area contributed by atoms with Crippen molar-refractivity contribution >= 4 is 0 Å². The second-order valence-corrected chi connectivity index (χ2v) is 5.55. The van der Waals surface area contributed by atoms with Crippen LogP contribution in [0.15, 0.2) is 6.33 Å². The van der Waals surface area contributed by atoms with E-state index < -0.39 is 0 Å². The molecule has 1 aliphatic heterocycles. The number of imidazole rings is 1. The molecule has 0 spiro atoms. The summed E-state index contributed by atoms with van der Waals surface area (Å²) in [5, 5.41) is 3.38. The molecule has 0 radical (unpaired) electrons. The maximum Gasteiger partial charge on any atom is 0.0955 e. The number of hydrogen-bond donors (Lipinski definition) is 1. The number of nitrogens with zero attached hydrogens (tertiary/aromatic N) is 3. The molecule has 96 valence electrons. The quantitative estimate of drug-likeness (QED) is 0.855. The smallest absolute Gasteiger partial charge is 0.0955 e. The molecule has 4 nitrogen and oxygen atoms in total. The van der Waals surface area contributed by atoms with Crippen LogP contribution >= 0.6 is 0 Å². The molecule has 1 aromatic rings. The van der Waals surface area contributed by atoms with Crippen molar-refractivity contribution in [2.45, 2.75) is 32.9 Å².